The fraction of sp³-hybridized carbons (Fsp3) is 0.500. The van der Waals surface area contributed by atoms with Crippen molar-refractivity contribution in [2.24, 2.45) is 13.0 Å². The van der Waals surface area contributed by atoms with Crippen LogP contribution < -0.4 is 0 Å². The second-order valence-corrected chi connectivity index (χ2v) is 6.23. The van der Waals surface area contributed by atoms with Gasteiger partial charge < -0.3 is 4.57 Å². The number of Topliss-reactive ketones (excluding diaryl/α,β-unsaturated/α-hetero) is 1. The molecule has 1 heterocycles. The van der Waals surface area contributed by atoms with E-state index in [2.05, 4.69) is 29.7 Å². The topological polar surface area (TPSA) is 22.0 Å². The van der Waals surface area contributed by atoms with Crippen LogP contribution in [0, 0.1) is 12.8 Å². The third-order valence-electron chi connectivity index (χ3n) is 4.64. The highest BCUT2D eigenvalue weighted by Crippen LogP contribution is 2.30. The molecule has 1 fully saturated rings. The van der Waals surface area contributed by atoms with Crippen LogP contribution in [0.5, 0.6) is 0 Å². The predicted octanol–water partition coefficient (Wildman–Crippen LogP) is 4.64. The molecule has 2 aromatic rings. The van der Waals surface area contributed by atoms with Gasteiger partial charge in [0.05, 0.1) is 0 Å². The Kier molecular flexibility index (Phi) is 3.64. The van der Waals surface area contributed by atoms with Gasteiger partial charge in [-0.2, -0.15) is 0 Å². The predicted molar refractivity (Wildman–Crippen MR) is 83.2 cm³/mol. The maximum Gasteiger partial charge on any atom is 0.168 e. The molecule has 0 saturated heterocycles. The van der Waals surface area contributed by atoms with Crippen LogP contribution in [0.15, 0.2) is 24.4 Å². The largest absolute Gasteiger partial charge is 0.350 e. The van der Waals surface area contributed by atoms with Crippen LogP contribution in [0.1, 0.15) is 54.4 Å². The van der Waals surface area contributed by atoms with Crippen molar-refractivity contribution in [3.63, 3.8) is 0 Å². The zero-order valence-corrected chi connectivity index (χ0v) is 12.5. The first kappa shape index (κ1) is 13.4. The van der Waals surface area contributed by atoms with E-state index in [1.807, 2.05) is 13.2 Å². The van der Waals surface area contributed by atoms with Crippen molar-refractivity contribution in [2.45, 2.75) is 45.4 Å². The lowest BCUT2D eigenvalue weighted by Gasteiger charge is -2.11. The Balaban J connectivity index is 1.99. The summed E-state index contributed by atoms with van der Waals surface area (Å²) >= 11 is 0. The zero-order valence-electron chi connectivity index (χ0n) is 12.5. The molecule has 0 unspecified atom stereocenters. The summed E-state index contributed by atoms with van der Waals surface area (Å²) in [6.07, 6.45) is 9.16. The van der Waals surface area contributed by atoms with E-state index < -0.39 is 0 Å². The number of ketones is 1. The van der Waals surface area contributed by atoms with E-state index >= 15 is 0 Å². The molecule has 1 aromatic carbocycles. The molecule has 0 atom stereocenters. The number of nitrogens with zero attached hydrogens (tertiary/aromatic N) is 1. The number of rotatable bonds is 2. The van der Waals surface area contributed by atoms with E-state index in [0.717, 1.165) is 23.8 Å². The van der Waals surface area contributed by atoms with Crippen LogP contribution in [-0.4, -0.2) is 10.4 Å². The Morgan fingerprint density at radius 1 is 1.15 bits per heavy atom. The van der Waals surface area contributed by atoms with Gasteiger partial charge in [-0.3, -0.25) is 4.79 Å². The highest BCUT2D eigenvalue weighted by Gasteiger charge is 2.24. The first-order valence-corrected chi connectivity index (χ1v) is 7.77. The number of hydrogen-bond acceptors (Lipinski definition) is 1. The first-order chi connectivity index (χ1) is 9.66. The van der Waals surface area contributed by atoms with Crippen LogP contribution in [0.25, 0.3) is 10.9 Å². The maximum absolute atomic E-state index is 12.9. The van der Waals surface area contributed by atoms with Gasteiger partial charge in [0.15, 0.2) is 5.78 Å². The van der Waals surface area contributed by atoms with Gasteiger partial charge in [0.1, 0.15) is 0 Å². The molecule has 0 N–H and O–H groups in total. The molecule has 1 aliphatic carbocycles. The number of aryl methyl sites for hydroxylation is 2. The van der Waals surface area contributed by atoms with Gasteiger partial charge in [-0.05, 0) is 31.4 Å². The van der Waals surface area contributed by atoms with Crippen LogP contribution >= 0.6 is 0 Å². The van der Waals surface area contributed by atoms with Gasteiger partial charge in [0.2, 0.25) is 0 Å². The van der Waals surface area contributed by atoms with Gasteiger partial charge in [0, 0.05) is 35.6 Å². The summed E-state index contributed by atoms with van der Waals surface area (Å²) in [5.74, 6) is 0.603. The van der Waals surface area contributed by atoms with E-state index in [4.69, 9.17) is 0 Å². The Morgan fingerprint density at radius 3 is 2.55 bits per heavy atom. The Bertz CT molecular complexity index is 630. The van der Waals surface area contributed by atoms with Gasteiger partial charge in [0.25, 0.3) is 0 Å². The normalized spacial score (nSPS) is 17.3. The summed E-state index contributed by atoms with van der Waals surface area (Å²) in [7, 11) is 2.03. The van der Waals surface area contributed by atoms with E-state index in [1.54, 1.807) is 0 Å². The number of carbonyl (C=O) groups is 1. The molecule has 2 nitrogen and oxygen atoms in total. The van der Waals surface area contributed by atoms with Crippen molar-refractivity contribution in [1.29, 1.82) is 0 Å². The first-order valence-electron chi connectivity index (χ1n) is 7.77. The quantitative estimate of drug-likeness (QED) is 0.575. The van der Waals surface area contributed by atoms with Gasteiger partial charge in [-0.15, -0.1) is 0 Å². The molecule has 2 heteroatoms. The summed E-state index contributed by atoms with van der Waals surface area (Å²) < 4.78 is 2.09. The molecule has 1 aliphatic rings. The SMILES string of the molecule is Cc1ccc2c(C(=O)C3CCCCCC3)cn(C)c2c1. The second-order valence-electron chi connectivity index (χ2n) is 6.23. The zero-order chi connectivity index (χ0) is 14.1. The second kappa shape index (κ2) is 5.43. The Hall–Kier alpha value is -1.57. The Morgan fingerprint density at radius 2 is 1.85 bits per heavy atom. The molecule has 0 spiro atoms. The highest BCUT2D eigenvalue weighted by molar-refractivity contribution is 6.09. The standard InChI is InChI=1S/C18H23NO/c1-13-9-10-15-16(12-19(2)17(15)11-13)18(20)14-7-5-3-4-6-8-14/h9-12,14H,3-8H2,1-2H3. The molecule has 0 aliphatic heterocycles. The van der Waals surface area contributed by atoms with Crippen LogP contribution in [0.4, 0.5) is 0 Å². The van der Waals surface area contributed by atoms with E-state index in [1.165, 1.54) is 36.8 Å². The van der Waals surface area contributed by atoms with Crippen LogP contribution in [-0.2, 0) is 7.05 Å². The fourth-order valence-corrected chi connectivity index (χ4v) is 3.45. The van der Waals surface area contributed by atoms with Crippen molar-refractivity contribution in [1.82, 2.24) is 4.57 Å². The van der Waals surface area contributed by atoms with Crippen LogP contribution in [0.2, 0.25) is 0 Å². The third kappa shape index (κ3) is 2.39. The van der Waals surface area contributed by atoms with Gasteiger partial charge in [-0.25, -0.2) is 0 Å². The minimum absolute atomic E-state index is 0.240. The van der Waals surface area contributed by atoms with Gasteiger partial charge in [-0.1, -0.05) is 37.8 Å². The summed E-state index contributed by atoms with van der Waals surface area (Å²) in [4.78, 5) is 12.9. The summed E-state index contributed by atoms with van der Waals surface area (Å²) in [6.45, 7) is 2.10. The minimum Gasteiger partial charge on any atom is -0.350 e. The molecule has 0 bridgehead atoms. The maximum atomic E-state index is 12.9. The summed E-state index contributed by atoms with van der Waals surface area (Å²) in [6, 6.07) is 6.38. The molecular weight excluding hydrogens is 246 g/mol. The lowest BCUT2D eigenvalue weighted by atomic mass is 9.91. The van der Waals surface area contributed by atoms with Gasteiger partial charge >= 0.3 is 0 Å². The van der Waals surface area contributed by atoms with Crippen molar-refractivity contribution in [3.05, 3.63) is 35.5 Å². The van der Waals surface area contributed by atoms with E-state index in [-0.39, 0.29) is 5.92 Å². The summed E-state index contributed by atoms with van der Waals surface area (Å²) in [5.41, 5.74) is 3.34. The minimum atomic E-state index is 0.240. The number of aromatic nitrogens is 1. The average Bonchev–Trinajstić information content (AvgIpc) is 2.65. The molecule has 0 radical (unpaired) electrons. The third-order valence-corrected chi connectivity index (χ3v) is 4.64. The van der Waals surface area contributed by atoms with Crippen molar-refractivity contribution < 1.29 is 4.79 Å². The van der Waals surface area contributed by atoms with E-state index in [9.17, 15) is 4.79 Å². The van der Waals surface area contributed by atoms with E-state index in [0.29, 0.717) is 5.78 Å². The average molecular weight is 269 g/mol. The molecular formula is C18H23NO. The monoisotopic (exact) mass is 269 g/mol. The number of hydrogen-bond donors (Lipinski definition) is 0. The molecule has 106 valence electrons. The van der Waals surface area contributed by atoms with Crippen molar-refractivity contribution >= 4 is 16.7 Å². The molecule has 20 heavy (non-hydrogen) atoms. The van der Waals surface area contributed by atoms with Crippen molar-refractivity contribution in [2.75, 3.05) is 0 Å². The number of benzene rings is 1. The fourth-order valence-electron chi connectivity index (χ4n) is 3.45. The molecule has 1 saturated carbocycles. The molecule has 3 rings (SSSR count). The molecule has 1 aromatic heterocycles. The highest BCUT2D eigenvalue weighted by atomic mass is 16.1. The van der Waals surface area contributed by atoms with Crippen molar-refractivity contribution in [3.8, 4) is 0 Å². The Labute approximate surface area is 120 Å². The number of carbonyl (C=O) groups excluding carboxylic acids is 1. The summed E-state index contributed by atoms with van der Waals surface area (Å²) in [5, 5.41) is 1.12. The lowest BCUT2D eigenvalue weighted by Crippen LogP contribution is -2.13. The lowest BCUT2D eigenvalue weighted by molar-refractivity contribution is 0.0909. The molecule has 0 amide bonds. The smallest absolute Gasteiger partial charge is 0.168 e. The number of fused-ring (bicyclic) bond motifs is 1. The van der Waals surface area contributed by atoms with Crippen LogP contribution in [0.3, 0.4) is 0 Å².